The summed E-state index contributed by atoms with van der Waals surface area (Å²) in [4.78, 5) is 4.55. The fourth-order valence-electron chi connectivity index (χ4n) is 2.42. The predicted molar refractivity (Wildman–Crippen MR) is 90.4 cm³/mol. The van der Waals surface area contributed by atoms with Crippen molar-refractivity contribution in [2.45, 2.75) is 25.2 Å². The fraction of sp³-hybridized carbons (Fsp3) is 0.312. The van der Waals surface area contributed by atoms with Crippen LogP contribution in [-0.4, -0.2) is 17.6 Å². The van der Waals surface area contributed by atoms with Crippen molar-refractivity contribution < 1.29 is 4.42 Å². The number of benzene rings is 1. The van der Waals surface area contributed by atoms with Crippen LogP contribution < -0.4 is 16.2 Å². The first-order valence-electron chi connectivity index (χ1n) is 7.28. The number of rotatable bonds is 4. The zero-order valence-electron chi connectivity index (χ0n) is 12.5. The van der Waals surface area contributed by atoms with Crippen molar-refractivity contribution in [2.75, 3.05) is 6.26 Å². The van der Waals surface area contributed by atoms with E-state index in [0.717, 1.165) is 17.3 Å². The van der Waals surface area contributed by atoms with E-state index in [4.69, 9.17) is 4.42 Å². The first-order valence-corrected chi connectivity index (χ1v) is 8.51. The summed E-state index contributed by atoms with van der Waals surface area (Å²) in [5.41, 5.74) is 7.90. The summed E-state index contributed by atoms with van der Waals surface area (Å²) < 4.78 is 5.30. The lowest BCUT2D eigenvalue weighted by molar-refractivity contribution is 0.509. The molecule has 22 heavy (non-hydrogen) atoms. The average Bonchev–Trinajstić information content (AvgIpc) is 3.24. The van der Waals surface area contributed by atoms with Crippen LogP contribution in [0.4, 0.5) is 0 Å². The van der Waals surface area contributed by atoms with E-state index in [1.165, 1.54) is 5.56 Å². The fourth-order valence-corrected chi connectivity index (χ4v) is 2.88. The van der Waals surface area contributed by atoms with Gasteiger partial charge in [0.15, 0.2) is 5.17 Å². The van der Waals surface area contributed by atoms with Gasteiger partial charge in [0, 0.05) is 12.5 Å². The third-order valence-electron chi connectivity index (χ3n) is 3.55. The Morgan fingerprint density at radius 3 is 2.86 bits per heavy atom. The van der Waals surface area contributed by atoms with Crippen LogP contribution in [0.5, 0.6) is 0 Å². The summed E-state index contributed by atoms with van der Waals surface area (Å²) in [6, 6.07) is 14.6. The van der Waals surface area contributed by atoms with Gasteiger partial charge in [0.25, 0.3) is 0 Å². The molecule has 2 heterocycles. The molecule has 1 aliphatic heterocycles. The van der Waals surface area contributed by atoms with Gasteiger partial charge in [-0.15, -0.1) is 0 Å². The molecule has 2 aromatic rings. The molecule has 1 aliphatic rings. The molecule has 0 amide bonds. The SMILES string of the molecule is CSC(=NCc1ccco1)NC1CC(c2ccccc2)NN1. The molecule has 3 N–H and O–H groups in total. The first kappa shape index (κ1) is 15.1. The first-order chi connectivity index (χ1) is 10.8. The number of nitrogens with one attached hydrogen (secondary N) is 3. The number of hydrazine groups is 1. The molecule has 6 heteroatoms. The minimum atomic E-state index is 0.160. The second-order valence-corrected chi connectivity index (χ2v) is 5.88. The van der Waals surface area contributed by atoms with E-state index in [1.807, 2.05) is 24.5 Å². The Morgan fingerprint density at radius 2 is 2.14 bits per heavy atom. The van der Waals surface area contributed by atoms with Gasteiger partial charge in [0.2, 0.25) is 0 Å². The summed E-state index contributed by atoms with van der Waals surface area (Å²) in [5.74, 6) is 0.869. The van der Waals surface area contributed by atoms with Gasteiger partial charge in [-0.25, -0.2) is 10.9 Å². The van der Waals surface area contributed by atoms with Crippen LogP contribution in [0.2, 0.25) is 0 Å². The predicted octanol–water partition coefficient (Wildman–Crippen LogP) is 2.65. The largest absolute Gasteiger partial charge is 0.467 e. The molecule has 2 atom stereocenters. The Labute approximate surface area is 134 Å². The highest BCUT2D eigenvalue weighted by Gasteiger charge is 2.25. The van der Waals surface area contributed by atoms with E-state index < -0.39 is 0 Å². The molecule has 1 fully saturated rings. The van der Waals surface area contributed by atoms with Gasteiger partial charge in [-0.05, 0) is 24.0 Å². The van der Waals surface area contributed by atoms with Gasteiger partial charge >= 0.3 is 0 Å². The highest BCUT2D eigenvalue weighted by atomic mass is 32.2. The molecule has 1 saturated heterocycles. The van der Waals surface area contributed by atoms with Crippen molar-refractivity contribution in [3.8, 4) is 0 Å². The smallest absolute Gasteiger partial charge is 0.157 e. The van der Waals surface area contributed by atoms with Crippen LogP contribution in [-0.2, 0) is 6.54 Å². The number of thioether (sulfide) groups is 1. The molecule has 2 unspecified atom stereocenters. The standard InChI is InChI=1S/C16H20N4OS/c1-22-16(17-11-13-8-5-9-21-13)18-15-10-14(19-20-15)12-6-3-2-4-7-12/h2-9,14-15,19-20H,10-11H2,1H3,(H,17,18). The molecular weight excluding hydrogens is 296 g/mol. The van der Waals surface area contributed by atoms with Gasteiger partial charge in [0.05, 0.1) is 19.0 Å². The number of hydrogen-bond acceptors (Lipinski definition) is 5. The summed E-state index contributed by atoms with van der Waals surface area (Å²) >= 11 is 1.61. The molecule has 3 rings (SSSR count). The third-order valence-corrected chi connectivity index (χ3v) is 4.19. The number of aliphatic imine (C=N–C) groups is 1. The lowest BCUT2D eigenvalue weighted by atomic mass is 10.0. The molecule has 0 spiro atoms. The molecule has 1 aromatic carbocycles. The van der Waals surface area contributed by atoms with Crippen LogP contribution in [0.3, 0.4) is 0 Å². The number of furan rings is 1. The molecule has 1 aromatic heterocycles. The Balaban J connectivity index is 1.55. The second-order valence-electron chi connectivity index (χ2n) is 5.09. The zero-order chi connectivity index (χ0) is 15.2. The maximum absolute atomic E-state index is 5.30. The van der Waals surface area contributed by atoms with Crippen molar-refractivity contribution >= 4 is 16.9 Å². The van der Waals surface area contributed by atoms with E-state index in [1.54, 1.807) is 18.0 Å². The van der Waals surface area contributed by atoms with Crippen molar-refractivity contribution in [2.24, 2.45) is 4.99 Å². The van der Waals surface area contributed by atoms with Gasteiger partial charge in [0.1, 0.15) is 5.76 Å². The van der Waals surface area contributed by atoms with E-state index in [-0.39, 0.29) is 6.17 Å². The summed E-state index contributed by atoms with van der Waals surface area (Å²) in [7, 11) is 0. The van der Waals surface area contributed by atoms with Crippen molar-refractivity contribution in [1.29, 1.82) is 0 Å². The molecule has 0 saturated carbocycles. The van der Waals surface area contributed by atoms with Crippen LogP contribution in [0.1, 0.15) is 23.8 Å². The zero-order valence-corrected chi connectivity index (χ0v) is 13.3. The summed E-state index contributed by atoms with van der Waals surface area (Å²) in [6.45, 7) is 0.554. The maximum Gasteiger partial charge on any atom is 0.157 e. The lowest BCUT2D eigenvalue weighted by Gasteiger charge is -2.14. The lowest BCUT2D eigenvalue weighted by Crippen LogP contribution is -2.43. The average molecular weight is 316 g/mol. The Bertz CT molecular complexity index is 600. The molecule has 5 nitrogen and oxygen atoms in total. The normalized spacial score (nSPS) is 22.0. The topological polar surface area (TPSA) is 61.6 Å². The number of hydrogen-bond donors (Lipinski definition) is 3. The summed E-state index contributed by atoms with van der Waals surface area (Å²) in [5, 5.41) is 4.33. The van der Waals surface area contributed by atoms with Crippen LogP contribution in [0, 0.1) is 0 Å². The Morgan fingerprint density at radius 1 is 1.27 bits per heavy atom. The molecule has 0 bridgehead atoms. The summed E-state index contributed by atoms with van der Waals surface area (Å²) in [6.07, 6.45) is 4.81. The van der Waals surface area contributed by atoms with Crippen LogP contribution in [0.15, 0.2) is 58.1 Å². The second kappa shape index (κ2) is 7.49. The monoisotopic (exact) mass is 316 g/mol. The number of amidine groups is 1. The minimum absolute atomic E-state index is 0.160. The van der Waals surface area contributed by atoms with E-state index >= 15 is 0 Å². The van der Waals surface area contributed by atoms with E-state index in [9.17, 15) is 0 Å². The number of nitrogens with zero attached hydrogens (tertiary/aromatic N) is 1. The van der Waals surface area contributed by atoms with Crippen LogP contribution >= 0.6 is 11.8 Å². The van der Waals surface area contributed by atoms with E-state index in [0.29, 0.717) is 12.6 Å². The molecular formula is C16H20N4OS. The van der Waals surface area contributed by atoms with Crippen molar-refractivity contribution in [3.63, 3.8) is 0 Å². The van der Waals surface area contributed by atoms with Crippen molar-refractivity contribution in [3.05, 3.63) is 60.1 Å². The quantitative estimate of drug-likeness (QED) is 0.598. The molecule has 116 valence electrons. The van der Waals surface area contributed by atoms with Gasteiger partial charge < -0.3 is 9.73 Å². The van der Waals surface area contributed by atoms with E-state index in [2.05, 4.69) is 45.4 Å². The third kappa shape index (κ3) is 3.91. The molecule has 0 radical (unpaired) electrons. The highest BCUT2D eigenvalue weighted by molar-refractivity contribution is 8.13. The van der Waals surface area contributed by atoms with Gasteiger partial charge in [-0.2, -0.15) is 0 Å². The molecule has 0 aliphatic carbocycles. The minimum Gasteiger partial charge on any atom is -0.467 e. The van der Waals surface area contributed by atoms with Gasteiger partial charge in [-0.1, -0.05) is 42.1 Å². The Hall–Kier alpha value is -1.76. The van der Waals surface area contributed by atoms with Crippen molar-refractivity contribution in [1.82, 2.24) is 16.2 Å². The highest BCUT2D eigenvalue weighted by Crippen LogP contribution is 2.21. The van der Waals surface area contributed by atoms with Gasteiger partial charge in [-0.3, -0.25) is 4.99 Å². The Kier molecular flexibility index (Phi) is 5.15. The maximum atomic E-state index is 5.30. The van der Waals surface area contributed by atoms with Crippen LogP contribution in [0.25, 0.3) is 0 Å².